The van der Waals surface area contributed by atoms with Gasteiger partial charge < -0.3 is 15.1 Å². The van der Waals surface area contributed by atoms with Gasteiger partial charge in [0.2, 0.25) is 0 Å². The third-order valence-corrected chi connectivity index (χ3v) is 5.23. The lowest BCUT2D eigenvalue weighted by molar-refractivity contribution is 0.0695. The van der Waals surface area contributed by atoms with Crippen LogP contribution in [0, 0.1) is 5.92 Å². The minimum atomic E-state index is -0.869. The molecule has 0 radical (unpaired) electrons. The summed E-state index contributed by atoms with van der Waals surface area (Å²) in [5, 5.41) is 19.1. The molecule has 1 fully saturated rings. The van der Waals surface area contributed by atoms with Crippen LogP contribution in [0.4, 0.5) is 0 Å². The minimum absolute atomic E-state index is 0.182. The predicted octanol–water partition coefficient (Wildman–Crippen LogP) is 3.03. The molecule has 0 spiro atoms. The Labute approximate surface area is 148 Å². The van der Waals surface area contributed by atoms with E-state index in [9.17, 15) is 15.0 Å². The molecule has 2 aromatic rings. The van der Waals surface area contributed by atoms with Gasteiger partial charge in [-0.1, -0.05) is 48.5 Å². The predicted molar refractivity (Wildman–Crippen MR) is 97.9 cm³/mol. The highest BCUT2D eigenvalue weighted by Crippen LogP contribution is 2.32. The molecule has 0 bridgehead atoms. The molecule has 2 atom stereocenters. The van der Waals surface area contributed by atoms with E-state index in [0.29, 0.717) is 11.5 Å². The number of carbonyl (C=O) groups is 1. The second-order valence-electron chi connectivity index (χ2n) is 6.76. The minimum Gasteiger partial charge on any atom is -0.478 e. The number of aromatic carboxylic acids is 1. The van der Waals surface area contributed by atoms with Gasteiger partial charge in [-0.05, 0) is 42.5 Å². The van der Waals surface area contributed by atoms with Crippen LogP contribution < -0.4 is 0 Å². The molecule has 3 rings (SSSR count). The first kappa shape index (κ1) is 17.6. The van der Waals surface area contributed by atoms with Crippen molar-refractivity contribution in [2.45, 2.75) is 18.8 Å². The van der Waals surface area contributed by atoms with Crippen LogP contribution in [0.25, 0.3) is 0 Å². The molecule has 1 aliphatic rings. The van der Waals surface area contributed by atoms with E-state index in [1.54, 1.807) is 12.1 Å². The highest BCUT2D eigenvalue weighted by molar-refractivity contribution is 5.89. The molecule has 0 saturated carbocycles. The molecule has 4 heteroatoms. The monoisotopic (exact) mass is 339 g/mol. The van der Waals surface area contributed by atoms with Crippen molar-refractivity contribution >= 4 is 5.97 Å². The summed E-state index contributed by atoms with van der Waals surface area (Å²) in [4.78, 5) is 13.7. The second-order valence-corrected chi connectivity index (χ2v) is 6.76. The summed E-state index contributed by atoms with van der Waals surface area (Å²) in [6.07, 6.45) is 1.74. The van der Waals surface area contributed by atoms with Gasteiger partial charge in [-0.15, -0.1) is 0 Å². The molecular formula is C21H25NO3. The fourth-order valence-electron chi connectivity index (χ4n) is 3.86. The molecule has 2 N–H and O–H groups in total. The highest BCUT2D eigenvalue weighted by Gasteiger charge is 2.29. The van der Waals surface area contributed by atoms with E-state index in [4.69, 9.17) is 0 Å². The quantitative estimate of drug-likeness (QED) is 0.849. The molecule has 0 amide bonds. The Balaban J connectivity index is 1.62. The molecule has 1 heterocycles. The molecule has 4 nitrogen and oxygen atoms in total. The van der Waals surface area contributed by atoms with Crippen LogP contribution in [0.1, 0.15) is 33.8 Å². The number of likely N-dealkylation sites (tertiary alicyclic amines) is 1. The van der Waals surface area contributed by atoms with Gasteiger partial charge in [-0.25, -0.2) is 4.79 Å². The molecule has 25 heavy (non-hydrogen) atoms. The van der Waals surface area contributed by atoms with Crippen LogP contribution >= 0.6 is 0 Å². The standard InChI is InChI=1S/C21H25NO3/c23-15-18-14-22(13-11-19(18)16-6-2-1-3-7-16)12-10-17-8-4-5-9-20(17)21(24)25/h1-9,18-19,23H,10-15H2,(H,24,25)/t18-,19+/m0/s1. The SMILES string of the molecule is O=C(O)c1ccccc1CCN1CC[C@H](c2ccccc2)[C@H](CO)C1. The average molecular weight is 339 g/mol. The summed E-state index contributed by atoms with van der Waals surface area (Å²) >= 11 is 0. The van der Waals surface area contributed by atoms with Crippen LogP contribution in [0.15, 0.2) is 54.6 Å². The van der Waals surface area contributed by atoms with Crippen molar-refractivity contribution in [1.29, 1.82) is 0 Å². The van der Waals surface area contributed by atoms with Crippen molar-refractivity contribution in [2.24, 2.45) is 5.92 Å². The summed E-state index contributed by atoms with van der Waals surface area (Å²) in [6, 6.07) is 17.6. The van der Waals surface area contributed by atoms with Crippen molar-refractivity contribution in [2.75, 3.05) is 26.2 Å². The zero-order valence-electron chi connectivity index (χ0n) is 14.3. The maximum atomic E-state index is 11.3. The second kappa shape index (κ2) is 8.28. The molecule has 132 valence electrons. The first-order chi connectivity index (χ1) is 12.2. The van der Waals surface area contributed by atoms with Crippen LogP contribution in [0.3, 0.4) is 0 Å². The molecule has 1 saturated heterocycles. The normalized spacial score (nSPS) is 21.2. The van der Waals surface area contributed by atoms with Gasteiger partial charge in [0.1, 0.15) is 0 Å². The first-order valence-electron chi connectivity index (χ1n) is 8.88. The summed E-state index contributed by atoms with van der Waals surface area (Å²) < 4.78 is 0. The largest absolute Gasteiger partial charge is 0.478 e. The lowest BCUT2D eigenvalue weighted by Gasteiger charge is -2.38. The van der Waals surface area contributed by atoms with Gasteiger partial charge >= 0.3 is 5.97 Å². The fourth-order valence-corrected chi connectivity index (χ4v) is 3.86. The third-order valence-electron chi connectivity index (χ3n) is 5.23. The van der Waals surface area contributed by atoms with Crippen LogP contribution in [0.2, 0.25) is 0 Å². The lowest BCUT2D eigenvalue weighted by Crippen LogP contribution is -2.42. The molecule has 0 aliphatic carbocycles. The Morgan fingerprint density at radius 3 is 2.52 bits per heavy atom. The highest BCUT2D eigenvalue weighted by atomic mass is 16.4. The van der Waals surface area contributed by atoms with Gasteiger partial charge in [0.25, 0.3) is 0 Å². The number of hydrogen-bond donors (Lipinski definition) is 2. The molecule has 0 aromatic heterocycles. The van der Waals surface area contributed by atoms with E-state index in [0.717, 1.165) is 38.0 Å². The zero-order valence-corrected chi connectivity index (χ0v) is 14.3. The zero-order chi connectivity index (χ0) is 17.6. The lowest BCUT2D eigenvalue weighted by atomic mass is 9.81. The number of nitrogens with zero attached hydrogens (tertiary/aromatic N) is 1. The third kappa shape index (κ3) is 4.27. The van der Waals surface area contributed by atoms with Crippen molar-refractivity contribution in [3.05, 3.63) is 71.3 Å². The van der Waals surface area contributed by atoms with Gasteiger partial charge in [-0.2, -0.15) is 0 Å². The Bertz CT molecular complexity index is 701. The fraction of sp³-hybridized carbons (Fsp3) is 0.381. The number of hydrogen-bond acceptors (Lipinski definition) is 3. The van der Waals surface area contributed by atoms with Crippen molar-refractivity contribution in [1.82, 2.24) is 4.90 Å². The van der Waals surface area contributed by atoms with E-state index in [1.807, 2.05) is 18.2 Å². The van der Waals surface area contributed by atoms with Crippen molar-refractivity contribution < 1.29 is 15.0 Å². The number of aliphatic hydroxyl groups is 1. The number of carboxylic acids is 1. The smallest absolute Gasteiger partial charge is 0.335 e. The van der Waals surface area contributed by atoms with Crippen molar-refractivity contribution in [3.8, 4) is 0 Å². The molecule has 2 aromatic carbocycles. The summed E-state index contributed by atoms with van der Waals surface area (Å²) in [7, 11) is 0. The van der Waals surface area contributed by atoms with Crippen LogP contribution in [-0.2, 0) is 6.42 Å². The Morgan fingerprint density at radius 1 is 1.08 bits per heavy atom. The number of piperidine rings is 1. The average Bonchev–Trinajstić information content (AvgIpc) is 2.67. The molecule has 0 unspecified atom stereocenters. The van der Waals surface area contributed by atoms with Crippen molar-refractivity contribution in [3.63, 3.8) is 0 Å². The van der Waals surface area contributed by atoms with E-state index >= 15 is 0 Å². The van der Waals surface area contributed by atoms with E-state index in [-0.39, 0.29) is 12.5 Å². The van der Waals surface area contributed by atoms with Crippen LogP contribution in [0.5, 0.6) is 0 Å². The van der Waals surface area contributed by atoms with Gasteiger partial charge in [0.15, 0.2) is 0 Å². The summed E-state index contributed by atoms with van der Waals surface area (Å²) in [5.41, 5.74) is 2.57. The van der Waals surface area contributed by atoms with Gasteiger partial charge in [-0.3, -0.25) is 0 Å². The Hall–Kier alpha value is -2.17. The summed E-state index contributed by atoms with van der Waals surface area (Å²) in [5.74, 6) is -0.244. The van der Waals surface area contributed by atoms with Gasteiger partial charge in [0.05, 0.1) is 5.56 Å². The number of benzene rings is 2. The Morgan fingerprint density at radius 2 is 1.80 bits per heavy atom. The molecular weight excluding hydrogens is 314 g/mol. The topological polar surface area (TPSA) is 60.8 Å². The van der Waals surface area contributed by atoms with E-state index in [2.05, 4.69) is 29.2 Å². The number of carboxylic acid groups (broad SMARTS) is 1. The molecule has 1 aliphatic heterocycles. The van der Waals surface area contributed by atoms with E-state index < -0.39 is 5.97 Å². The Kier molecular flexibility index (Phi) is 5.84. The maximum absolute atomic E-state index is 11.3. The maximum Gasteiger partial charge on any atom is 0.335 e. The van der Waals surface area contributed by atoms with Gasteiger partial charge in [0, 0.05) is 25.6 Å². The number of rotatable bonds is 6. The van der Waals surface area contributed by atoms with Crippen LogP contribution in [-0.4, -0.2) is 47.3 Å². The van der Waals surface area contributed by atoms with E-state index in [1.165, 1.54) is 5.56 Å². The summed E-state index contributed by atoms with van der Waals surface area (Å²) in [6.45, 7) is 2.83. The first-order valence-corrected chi connectivity index (χ1v) is 8.88. The number of aliphatic hydroxyl groups excluding tert-OH is 1.